The minimum absolute atomic E-state index is 0.107. The molecule has 0 aliphatic heterocycles. The van der Waals surface area contributed by atoms with Gasteiger partial charge in [-0.15, -0.1) is 0 Å². The molecule has 8 nitrogen and oxygen atoms in total. The first-order valence-electron chi connectivity index (χ1n) is 8.43. The third-order valence-electron chi connectivity index (χ3n) is 4.16. The molecular formula is C17H20F3N5O3. The van der Waals surface area contributed by atoms with Crippen molar-refractivity contribution in [2.45, 2.75) is 32.5 Å². The minimum atomic E-state index is -4.59. The molecule has 28 heavy (non-hydrogen) atoms. The second-order valence-corrected chi connectivity index (χ2v) is 6.17. The van der Waals surface area contributed by atoms with E-state index in [-0.39, 0.29) is 30.5 Å². The molecule has 2 N–H and O–H groups in total. The first kappa shape index (κ1) is 21.4. The Morgan fingerprint density at radius 2 is 2.04 bits per heavy atom. The molecule has 0 saturated carbocycles. The van der Waals surface area contributed by atoms with Crippen molar-refractivity contribution in [2.75, 3.05) is 18.4 Å². The zero-order valence-electron chi connectivity index (χ0n) is 15.3. The van der Waals surface area contributed by atoms with Gasteiger partial charge in [0, 0.05) is 6.04 Å². The predicted molar refractivity (Wildman–Crippen MR) is 94.0 cm³/mol. The summed E-state index contributed by atoms with van der Waals surface area (Å²) in [4.78, 5) is 28.6. The molecule has 2 aromatic rings. The van der Waals surface area contributed by atoms with Gasteiger partial charge in [0.1, 0.15) is 12.7 Å². The number of carbonyl (C=O) groups excluding carboxylic acids is 1. The quantitative estimate of drug-likeness (QED) is 0.707. The Hall–Kier alpha value is -2.95. The van der Waals surface area contributed by atoms with Crippen LogP contribution in [0.5, 0.6) is 0 Å². The van der Waals surface area contributed by atoms with Crippen LogP contribution in [-0.2, 0) is 15.8 Å². The molecule has 0 aliphatic carbocycles. The first-order valence-corrected chi connectivity index (χ1v) is 8.43. The molecule has 0 spiro atoms. The number of benzene rings is 1. The second kappa shape index (κ2) is 8.83. The third-order valence-corrected chi connectivity index (χ3v) is 4.16. The highest BCUT2D eigenvalue weighted by Gasteiger charge is 2.31. The van der Waals surface area contributed by atoms with Gasteiger partial charge in [0.25, 0.3) is 0 Å². The predicted octanol–water partition coefficient (Wildman–Crippen LogP) is 2.41. The summed E-state index contributed by atoms with van der Waals surface area (Å²) in [6, 6.07) is 2.66. The number of nitrogens with one attached hydrogen (secondary N) is 1. The molecule has 0 saturated heterocycles. The highest BCUT2D eigenvalue weighted by Crippen LogP contribution is 2.33. The van der Waals surface area contributed by atoms with Gasteiger partial charge in [0.05, 0.1) is 30.0 Å². The molecule has 1 amide bonds. The van der Waals surface area contributed by atoms with Crippen LogP contribution in [0.3, 0.4) is 0 Å². The van der Waals surface area contributed by atoms with Gasteiger partial charge in [-0.3, -0.25) is 14.5 Å². The van der Waals surface area contributed by atoms with Crippen LogP contribution in [-0.4, -0.2) is 55.8 Å². The van der Waals surface area contributed by atoms with E-state index in [1.54, 1.807) is 6.92 Å². The van der Waals surface area contributed by atoms with E-state index < -0.39 is 23.6 Å². The maximum Gasteiger partial charge on any atom is 0.416 e. The van der Waals surface area contributed by atoms with Gasteiger partial charge in [-0.1, -0.05) is 6.92 Å². The Labute approximate surface area is 159 Å². The number of amides is 1. The van der Waals surface area contributed by atoms with Crippen molar-refractivity contribution in [3.05, 3.63) is 36.4 Å². The van der Waals surface area contributed by atoms with Gasteiger partial charge in [-0.2, -0.15) is 18.3 Å². The number of rotatable bonds is 8. The van der Waals surface area contributed by atoms with Crippen LogP contribution in [0, 0.1) is 0 Å². The maximum absolute atomic E-state index is 13.1. The van der Waals surface area contributed by atoms with Crippen LogP contribution in [0.1, 0.15) is 25.8 Å². The number of hydrogen-bond acceptors (Lipinski definition) is 5. The smallest absolute Gasteiger partial charge is 0.416 e. The van der Waals surface area contributed by atoms with E-state index in [0.29, 0.717) is 6.42 Å². The van der Waals surface area contributed by atoms with E-state index in [1.807, 2.05) is 6.92 Å². The lowest BCUT2D eigenvalue weighted by molar-refractivity contribution is -0.139. The fourth-order valence-corrected chi connectivity index (χ4v) is 2.52. The molecular weight excluding hydrogens is 379 g/mol. The number of carboxylic acids is 1. The van der Waals surface area contributed by atoms with Crippen LogP contribution in [0.25, 0.3) is 5.69 Å². The van der Waals surface area contributed by atoms with Crippen LogP contribution in [0.2, 0.25) is 0 Å². The lowest BCUT2D eigenvalue weighted by Crippen LogP contribution is -2.42. The molecule has 0 unspecified atom stereocenters. The number of aliphatic carboxylic acids is 1. The lowest BCUT2D eigenvalue weighted by Gasteiger charge is -2.26. The number of carboxylic acid groups (broad SMARTS) is 1. The van der Waals surface area contributed by atoms with E-state index in [4.69, 9.17) is 5.11 Å². The van der Waals surface area contributed by atoms with Crippen molar-refractivity contribution < 1.29 is 27.9 Å². The van der Waals surface area contributed by atoms with E-state index >= 15 is 0 Å². The molecule has 1 atom stereocenters. The largest absolute Gasteiger partial charge is 0.480 e. The minimum Gasteiger partial charge on any atom is -0.480 e. The fraction of sp³-hybridized carbons (Fsp3) is 0.412. The summed E-state index contributed by atoms with van der Waals surface area (Å²) in [5, 5.41) is 15.3. The van der Waals surface area contributed by atoms with Gasteiger partial charge in [0.2, 0.25) is 5.91 Å². The SMILES string of the molecule is CC[C@@H](C)N(CC(=O)O)CC(=O)Nc1cc(C(F)(F)F)ccc1-n1cncn1. The van der Waals surface area contributed by atoms with Crippen molar-refractivity contribution in [2.24, 2.45) is 0 Å². The molecule has 152 valence electrons. The summed E-state index contributed by atoms with van der Waals surface area (Å²) in [5.41, 5.74) is -0.840. The molecule has 0 bridgehead atoms. The number of aromatic nitrogens is 3. The Bertz CT molecular complexity index is 824. The molecule has 2 rings (SSSR count). The van der Waals surface area contributed by atoms with Crippen molar-refractivity contribution in [3.63, 3.8) is 0 Å². The fourth-order valence-electron chi connectivity index (χ4n) is 2.52. The standard InChI is InChI=1S/C17H20F3N5O3/c1-3-11(2)24(8-16(27)28)7-15(26)23-13-6-12(17(18,19)20)4-5-14(13)25-10-21-9-22-25/h4-6,9-11H,3,7-8H2,1-2H3,(H,23,26)(H,27,28)/t11-/m1/s1. The molecule has 1 heterocycles. The van der Waals surface area contributed by atoms with Crippen LogP contribution < -0.4 is 5.32 Å². The zero-order valence-corrected chi connectivity index (χ0v) is 15.3. The highest BCUT2D eigenvalue weighted by molar-refractivity contribution is 5.94. The van der Waals surface area contributed by atoms with E-state index in [9.17, 15) is 22.8 Å². The molecule has 0 radical (unpaired) electrons. The molecule has 11 heteroatoms. The normalized spacial score (nSPS) is 12.8. The summed E-state index contributed by atoms with van der Waals surface area (Å²) in [6.45, 7) is 2.96. The second-order valence-electron chi connectivity index (χ2n) is 6.17. The molecule has 0 fully saturated rings. The maximum atomic E-state index is 13.1. The Balaban J connectivity index is 2.29. The van der Waals surface area contributed by atoms with Crippen molar-refractivity contribution >= 4 is 17.6 Å². The van der Waals surface area contributed by atoms with Gasteiger partial charge in [0.15, 0.2) is 0 Å². The lowest BCUT2D eigenvalue weighted by atomic mass is 10.1. The monoisotopic (exact) mass is 399 g/mol. The molecule has 1 aromatic carbocycles. The Morgan fingerprint density at radius 3 is 2.57 bits per heavy atom. The number of nitrogens with zero attached hydrogens (tertiary/aromatic N) is 4. The van der Waals surface area contributed by atoms with Gasteiger partial charge < -0.3 is 10.4 Å². The number of carbonyl (C=O) groups is 2. The summed E-state index contributed by atoms with van der Waals surface area (Å²) >= 11 is 0. The van der Waals surface area contributed by atoms with Gasteiger partial charge in [-0.05, 0) is 31.5 Å². The summed E-state index contributed by atoms with van der Waals surface area (Å²) < 4.78 is 40.4. The number of halogens is 3. The highest BCUT2D eigenvalue weighted by atomic mass is 19.4. The molecule has 0 aliphatic rings. The van der Waals surface area contributed by atoms with Crippen LogP contribution >= 0.6 is 0 Å². The number of hydrogen-bond donors (Lipinski definition) is 2. The summed E-state index contributed by atoms with van der Waals surface area (Å²) in [6.07, 6.45) is -1.49. The van der Waals surface area contributed by atoms with Gasteiger partial charge >= 0.3 is 12.1 Å². The van der Waals surface area contributed by atoms with E-state index in [1.165, 1.54) is 28.3 Å². The summed E-state index contributed by atoms with van der Waals surface area (Å²) in [5.74, 6) is -1.74. The van der Waals surface area contributed by atoms with Crippen LogP contribution in [0.15, 0.2) is 30.9 Å². The van der Waals surface area contributed by atoms with E-state index in [0.717, 1.165) is 12.1 Å². The average Bonchev–Trinajstić information content (AvgIpc) is 3.13. The van der Waals surface area contributed by atoms with Crippen molar-refractivity contribution in [3.8, 4) is 5.69 Å². The third kappa shape index (κ3) is 5.52. The van der Waals surface area contributed by atoms with Crippen LogP contribution in [0.4, 0.5) is 18.9 Å². The Kier molecular flexibility index (Phi) is 6.73. The van der Waals surface area contributed by atoms with Gasteiger partial charge in [-0.25, -0.2) is 9.67 Å². The number of alkyl halides is 3. The topological polar surface area (TPSA) is 100 Å². The molecule has 1 aromatic heterocycles. The van der Waals surface area contributed by atoms with Crippen molar-refractivity contribution in [1.82, 2.24) is 19.7 Å². The van der Waals surface area contributed by atoms with E-state index in [2.05, 4.69) is 15.4 Å². The zero-order chi connectivity index (χ0) is 20.9. The average molecular weight is 399 g/mol. The Morgan fingerprint density at radius 1 is 1.32 bits per heavy atom. The summed E-state index contributed by atoms with van der Waals surface area (Å²) in [7, 11) is 0. The van der Waals surface area contributed by atoms with Crippen molar-refractivity contribution in [1.29, 1.82) is 0 Å². The first-order chi connectivity index (χ1) is 13.1. The number of anilines is 1.